The van der Waals surface area contributed by atoms with Gasteiger partial charge in [-0.2, -0.15) is 0 Å². The second-order valence-corrected chi connectivity index (χ2v) is 6.23. The summed E-state index contributed by atoms with van der Waals surface area (Å²) in [5, 5.41) is 10.5. The van der Waals surface area contributed by atoms with E-state index in [9.17, 15) is 5.11 Å². The van der Waals surface area contributed by atoms with E-state index in [1.807, 2.05) is 0 Å². The first-order valence-electron chi connectivity index (χ1n) is 6.60. The number of nitrogens with zero attached hydrogens (tertiary/aromatic N) is 1. The van der Waals surface area contributed by atoms with Gasteiger partial charge in [0.1, 0.15) is 0 Å². The molecule has 1 aliphatic heterocycles. The number of rotatable bonds is 1. The summed E-state index contributed by atoms with van der Waals surface area (Å²) in [4.78, 5) is 2.52. The first-order chi connectivity index (χ1) is 7.59. The Morgan fingerprint density at radius 2 is 1.94 bits per heavy atom. The number of morpholine rings is 1. The molecular formula is C13H23NO2. The van der Waals surface area contributed by atoms with E-state index in [-0.39, 0.29) is 17.1 Å². The van der Waals surface area contributed by atoms with Crippen molar-refractivity contribution < 1.29 is 9.84 Å². The number of fused-ring (bicyclic) bond motifs is 2. The third-order valence-electron chi connectivity index (χ3n) is 5.64. The topological polar surface area (TPSA) is 32.7 Å². The van der Waals surface area contributed by atoms with Crippen LogP contribution in [0.4, 0.5) is 0 Å². The minimum Gasteiger partial charge on any atom is -0.391 e. The van der Waals surface area contributed by atoms with Crippen LogP contribution < -0.4 is 0 Å². The van der Waals surface area contributed by atoms with Gasteiger partial charge in [-0.05, 0) is 30.6 Å². The molecule has 3 fully saturated rings. The standard InChI is InChI=1S/C13H23NO2/c1-12(2)10-3-4-13(12,11(15)9-10)14-5-7-16-8-6-14/h10-11,15H,3-9H2,1-2H3/t10-,11-,13-/m1/s1. The molecule has 0 radical (unpaired) electrons. The largest absolute Gasteiger partial charge is 0.391 e. The summed E-state index contributed by atoms with van der Waals surface area (Å²) in [6.45, 7) is 8.36. The van der Waals surface area contributed by atoms with Crippen molar-refractivity contribution in [3.05, 3.63) is 0 Å². The van der Waals surface area contributed by atoms with Crippen molar-refractivity contribution >= 4 is 0 Å². The molecule has 3 heteroatoms. The Morgan fingerprint density at radius 3 is 2.44 bits per heavy atom. The van der Waals surface area contributed by atoms with Gasteiger partial charge in [-0.25, -0.2) is 0 Å². The maximum absolute atomic E-state index is 10.5. The zero-order valence-electron chi connectivity index (χ0n) is 10.4. The van der Waals surface area contributed by atoms with Crippen LogP contribution in [0.2, 0.25) is 0 Å². The predicted octanol–water partition coefficient (Wildman–Crippen LogP) is 1.26. The summed E-state index contributed by atoms with van der Waals surface area (Å²) in [6.07, 6.45) is 3.34. The Morgan fingerprint density at radius 1 is 1.25 bits per heavy atom. The minimum atomic E-state index is -0.126. The molecule has 3 rings (SSSR count). The molecule has 16 heavy (non-hydrogen) atoms. The molecule has 0 aromatic carbocycles. The Kier molecular flexibility index (Phi) is 2.36. The average molecular weight is 225 g/mol. The lowest BCUT2D eigenvalue weighted by Crippen LogP contribution is -2.62. The number of aliphatic hydroxyl groups is 1. The summed E-state index contributed by atoms with van der Waals surface area (Å²) in [5.41, 5.74) is 0.311. The number of hydrogen-bond acceptors (Lipinski definition) is 3. The van der Waals surface area contributed by atoms with Crippen molar-refractivity contribution in [2.45, 2.75) is 44.8 Å². The fraction of sp³-hybridized carbons (Fsp3) is 1.00. The molecule has 0 aromatic rings. The van der Waals surface area contributed by atoms with Gasteiger partial charge in [-0.15, -0.1) is 0 Å². The highest BCUT2D eigenvalue weighted by molar-refractivity contribution is 5.19. The van der Waals surface area contributed by atoms with Crippen LogP contribution in [0.25, 0.3) is 0 Å². The van der Waals surface area contributed by atoms with Gasteiger partial charge >= 0.3 is 0 Å². The van der Waals surface area contributed by atoms with E-state index in [0.29, 0.717) is 5.92 Å². The quantitative estimate of drug-likeness (QED) is 0.729. The monoisotopic (exact) mass is 225 g/mol. The Labute approximate surface area is 97.8 Å². The van der Waals surface area contributed by atoms with E-state index >= 15 is 0 Å². The molecule has 1 N–H and O–H groups in total. The third-order valence-corrected chi connectivity index (χ3v) is 5.64. The predicted molar refractivity (Wildman–Crippen MR) is 62.3 cm³/mol. The van der Waals surface area contributed by atoms with Gasteiger partial charge in [0.2, 0.25) is 0 Å². The molecule has 1 saturated heterocycles. The van der Waals surface area contributed by atoms with Crippen molar-refractivity contribution in [2.24, 2.45) is 11.3 Å². The summed E-state index contributed by atoms with van der Waals surface area (Å²) in [5.74, 6) is 0.713. The van der Waals surface area contributed by atoms with Gasteiger partial charge in [0.05, 0.1) is 24.9 Å². The van der Waals surface area contributed by atoms with Crippen molar-refractivity contribution in [3.63, 3.8) is 0 Å². The molecule has 3 aliphatic rings. The molecule has 0 unspecified atom stereocenters. The van der Waals surface area contributed by atoms with Crippen LogP contribution in [0.1, 0.15) is 33.1 Å². The van der Waals surface area contributed by atoms with Crippen LogP contribution >= 0.6 is 0 Å². The maximum atomic E-state index is 10.5. The van der Waals surface area contributed by atoms with Crippen LogP contribution in [0, 0.1) is 11.3 Å². The van der Waals surface area contributed by atoms with E-state index < -0.39 is 0 Å². The van der Waals surface area contributed by atoms with Gasteiger partial charge in [-0.3, -0.25) is 4.90 Å². The molecule has 0 amide bonds. The fourth-order valence-electron chi connectivity index (χ4n) is 4.64. The summed E-state index contributed by atoms with van der Waals surface area (Å²) >= 11 is 0. The average Bonchev–Trinajstić information content (AvgIpc) is 2.64. The highest BCUT2D eigenvalue weighted by atomic mass is 16.5. The van der Waals surface area contributed by atoms with E-state index in [1.54, 1.807) is 0 Å². The Hall–Kier alpha value is -0.120. The minimum absolute atomic E-state index is 0.0431. The Balaban J connectivity index is 1.94. The second-order valence-electron chi connectivity index (χ2n) is 6.23. The third kappa shape index (κ3) is 1.14. The molecule has 2 aliphatic carbocycles. The van der Waals surface area contributed by atoms with Gasteiger partial charge in [0, 0.05) is 13.1 Å². The van der Waals surface area contributed by atoms with Crippen LogP contribution in [0.5, 0.6) is 0 Å². The van der Waals surface area contributed by atoms with Crippen molar-refractivity contribution in [3.8, 4) is 0 Å². The number of aliphatic hydroxyl groups excluding tert-OH is 1. The summed E-state index contributed by atoms with van der Waals surface area (Å²) in [7, 11) is 0. The first kappa shape index (κ1) is 11.0. The zero-order chi connectivity index (χ0) is 11.4. The van der Waals surface area contributed by atoms with E-state index in [0.717, 1.165) is 32.7 Å². The van der Waals surface area contributed by atoms with Crippen molar-refractivity contribution in [1.82, 2.24) is 4.90 Å². The van der Waals surface area contributed by atoms with Gasteiger partial charge in [0.25, 0.3) is 0 Å². The molecule has 92 valence electrons. The zero-order valence-corrected chi connectivity index (χ0v) is 10.4. The lowest BCUT2D eigenvalue weighted by Gasteiger charge is -2.50. The normalized spacial score (nSPS) is 47.4. The van der Waals surface area contributed by atoms with Gasteiger partial charge in [-0.1, -0.05) is 13.8 Å². The fourth-order valence-corrected chi connectivity index (χ4v) is 4.64. The number of ether oxygens (including phenoxy) is 1. The molecule has 2 bridgehead atoms. The van der Waals surface area contributed by atoms with E-state index in [4.69, 9.17) is 4.74 Å². The molecular weight excluding hydrogens is 202 g/mol. The molecule has 0 aromatic heterocycles. The lowest BCUT2D eigenvalue weighted by atomic mass is 9.74. The first-order valence-corrected chi connectivity index (χ1v) is 6.60. The second kappa shape index (κ2) is 3.44. The molecule has 3 nitrogen and oxygen atoms in total. The van der Waals surface area contributed by atoms with Crippen LogP contribution in [0.15, 0.2) is 0 Å². The molecule has 2 saturated carbocycles. The highest BCUT2D eigenvalue weighted by Crippen LogP contribution is 2.62. The molecule has 0 spiro atoms. The smallest absolute Gasteiger partial charge is 0.0732 e. The van der Waals surface area contributed by atoms with Crippen molar-refractivity contribution in [1.29, 1.82) is 0 Å². The number of hydrogen-bond donors (Lipinski definition) is 1. The SMILES string of the molecule is CC1(C)[C@@H]2CC[C@@]1(N1CCOCC1)[C@H](O)C2. The molecule has 3 atom stereocenters. The molecule has 1 heterocycles. The van der Waals surface area contributed by atoms with Gasteiger partial charge in [0.15, 0.2) is 0 Å². The van der Waals surface area contributed by atoms with Crippen LogP contribution in [-0.4, -0.2) is 48.0 Å². The summed E-state index contributed by atoms with van der Waals surface area (Å²) in [6, 6.07) is 0. The van der Waals surface area contributed by atoms with Gasteiger partial charge < -0.3 is 9.84 Å². The van der Waals surface area contributed by atoms with Crippen LogP contribution in [0.3, 0.4) is 0 Å². The maximum Gasteiger partial charge on any atom is 0.0732 e. The Bertz CT molecular complexity index is 286. The highest BCUT2D eigenvalue weighted by Gasteiger charge is 2.66. The van der Waals surface area contributed by atoms with Crippen molar-refractivity contribution in [2.75, 3.05) is 26.3 Å². The van der Waals surface area contributed by atoms with E-state index in [2.05, 4.69) is 18.7 Å². The lowest BCUT2D eigenvalue weighted by molar-refractivity contribution is -0.0986. The van der Waals surface area contributed by atoms with E-state index in [1.165, 1.54) is 12.8 Å². The summed E-state index contributed by atoms with van der Waals surface area (Å²) < 4.78 is 5.44. The van der Waals surface area contributed by atoms with Crippen LogP contribution in [-0.2, 0) is 4.74 Å².